The molecule has 18 heavy (non-hydrogen) atoms. The Morgan fingerprint density at radius 2 is 2.28 bits per heavy atom. The fourth-order valence-electron chi connectivity index (χ4n) is 2.69. The van der Waals surface area contributed by atoms with Crippen molar-refractivity contribution in [2.45, 2.75) is 45.7 Å². The molecule has 2 nitrogen and oxygen atoms in total. The summed E-state index contributed by atoms with van der Waals surface area (Å²) in [6.45, 7) is 7.03. The summed E-state index contributed by atoms with van der Waals surface area (Å²) >= 11 is 0. The summed E-state index contributed by atoms with van der Waals surface area (Å²) in [4.78, 5) is 2.22. The van der Waals surface area contributed by atoms with E-state index < -0.39 is 0 Å². The first-order chi connectivity index (χ1) is 8.74. The van der Waals surface area contributed by atoms with Crippen LogP contribution in [0.2, 0.25) is 0 Å². The molecule has 1 aliphatic heterocycles. The van der Waals surface area contributed by atoms with Gasteiger partial charge in [0.2, 0.25) is 0 Å². The molecular formula is C15H23FN2. The number of benzene rings is 1. The van der Waals surface area contributed by atoms with Crippen LogP contribution < -0.4 is 10.2 Å². The molecule has 0 spiro atoms. The van der Waals surface area contributed by atoms with Gasteiger partial charge in [-0.3, -0.25) is 0 Å². The van der Waals surface area contributed by atoms with E-state index in [1.165, 1.54) is 0 Å². The SMILES string of the molecule is CCCNCc1cccc(F)c1N1CCCC1C. The van der Waals surface area contributed by atoms with Crippen LogP contribution in [-0.4, -0.2) is 19.1 Å². The lowest BCUT2D eigenvalue weighted by molar-refractivity contribution is 0.604. The van der Waals surface area contributed by atoms with Gasteiger partial charge in [0.15, 0.2) is 0 Å². The summed E-state index contributed by atoms with van der Waals surface area (Å²) in [6.07, 6.45) is 3.43. The molecule has 1 aliphatic rings. The summed E-state index contributed by atoms with van der Waals surface area (Å²) < 4.78 is 14.1. The molecule has 0 bridgehead atoms. The lowest BCUT2D eigenvalue weighted by atomic mass is 10.1. The zero-order valence-electron chi connectivity index (χ0n) is 11.4. The molecule has 0 amide bonds. The lowest BCUT2D eigenvalue weighted by Gasteiger charge is -2.27. The van der Waals surface area contributed by atoms with Crippen LogP contribution in [0.3, 0.4) is 0 Å². The Balaban J connectivity index is 2.20. The summed E-state index contributed by atoms with van der Waals surface area (Å²) in [7, 11) is 0. The van der Waals surface area contributed by atoms with Gasteiger partial charge in [0.05, 0.1) is 5.69 Å². The van der Waals surface area contributed by atoms with Gasteiger partial charge in [0.1, 0.15) is 5.82 Å². The Kier molecular flexibility index (Phi) is 4.59. The van der Waals surface area contributed by atoms with Gasteiger partial charge in [-0.1, -0.05) is 19.1 Å². The van der Waals surface area contributed by atoms with E-state index in [0.717, 1.165) is 50.1 Å². The molecule has 3 heteroatoms. The van der Waals surface area contributed by atoms with Crippen LogP contribution in [0.15, 0.2) is 18.2 Å². The van der Waals surface area contributed by atoms with Gasteiger partial charge < -0.3 is 10.2 Å². The van der Waals surface area contributed by atoms with Crippen LogP contribution in [0.25, 0.3) is 0 Å². The van der Waals surface area contributed by atoms with Gasteiger partial charge in [-0.25, -0.2) is 4.39 Å². The third kappa shape index (κ3) is 2.83. The molecule has 0 aliphatic carbocycles. The molecule has 1 unspecified atom stereocenters. The Hall–Kier alpha value is -1.09. The third-order valence-corrected chi connectivity index (χ3v) is 3.65. The van der Waals surface area contributed by atoms with Gasteiger partial charge in [-0.2, -0.15) is 0 Å². The van der Waals surface area contributed by atoms with Crippen LogP contribution in [0.4, 0.5) is 10.1 Å². The van der Waals surface area contributed by atoms with Crippen molar-refractivity contribution in [1.29, 1.82) is 0 Å². The van der Waals surface area contributed by atoms with Crippen molar-refractivity contribution >= 4 is 5.69 Å². The second-order valence-electron chi connectivity index (χ2n) is 5.11. The fraction of sp³-hybridized carbons (Fsp3) is 0.600. The van der Waals surface area contributed by atoms with Crippen molar-refractivity contribution in [3.8, 4) is 0 Å². The van der Waals surface area contributed by atoms with E-state index in [4.69, 9.17) is 0 Å². The molecule has 1 fully saturated rings. The first kappa shape index (κ1) is 13.3. The molecule has 2 rings (SSSR count). The van der Waals surface area contributed by atoms with E-state index >= 15 is 0 Å². The van der Waals surface area contributed by atoms with Crippen molar-refractivity contribution in [3.63, 3.8) is 0 Å². The normalized spacial score (nSPS) is 19.5. The molecule has 0 radical (unpaired) electrons. The second-order valence-corrected chi connectivity index (χ2v) is 5.11. The smallest absolute Gasteiger partial charge is 0.146 e. The molecular weight excluding hydrogens is 227 g/mol. The Morgan fingerprint density at radius 1 is 1.44 bits per heavy atom. The molecule has 1 atom stereocenters. The van der Waals surface area contributed by atoms with Gasteiger partial charge in [0.25, 0.3) is 0 Å². The van der Waals surface area contributed by atoms with Crippen LogP contribution in [-0.2, 0) is 6.54 Å². The summed E-state index contributed by atoms with van der Waals surface area (Å²) in [6, 6.07) is 5.87. The van der Waals surface area contributed by atoms with Crippen molar-refractivity contribution in [2.75, 3.05) is 18.0 Å². The van der Waals surface area contributed by atoms with Crippen molar-refractivity contribution < 1.29 is 4.39 Å². The zero-order chi connectivity index (χ0) is 13.0. The Labute approximate surface area is 109 Å². The van der Waals surface area contributed by atoms with E-state index in [1.807, 2.05) is 12.1 Å². The fourth-order valence-corrected chi connectivity index (χ4v) is 2.69. The van der Waals surface area contributed by atoms with Crippen LogP contribution >= 0.6 is 0 Å². The first-order valence-electron chi connectivity index (χ1n) is 6.98. The zero-order valence-corrected chi connectivity index (χ0v) is 11.4. The van der Waals surface area contributed by atoms with Gasteiger partial charge >= 0.3 is 0 Å². The largest absolute Gasteiger partial charge is 0.366 e. The summed E-state index contributed by atoms with van der Waals surface area (Å²) in [5.41, 5.74) is 1.89. The van der Waals surface area contributed by atoms with Gasteiger partial charge in [-0.15, -0.1) is 0 Å². The van der Waals surface area contributed by atoms with Crippen molar-refractivity contribution in [2.24, 2.45) is 0 Å². The molecule has 0 saturated carbocycles. The molecule has 1 heterocycles. The average Bonchev–Trinajstić information content (AvgIpc) is 2.76. The van der Waals surface area contributed by atoms with E-state index in [-0.39, 0.29) is 5.82 Å². The highest BCUT2D eigenvalue weighted by molar-refractivity contribution is 5.56. The average molecular weight is 250 g/mol. The van der Waals surface area contributed by atoms with E-state index in [0.29, 0.717) is 6.04 Å². The quantitative estimate of drug-likeness (QED) is 0.807. The predicted molar refractivity (Wildman–Crippen MR) is 74.4 cm³/mol. The maximum atomic E-state index is 14.1. The highest BCUT2D eigenvalue weighted by atomic mass is 19.1. The predicted octanol–water partition coefficient (Wildman–Crippen LogP) is 3.31. The van der Waals surface area contributed by atoms with E-state index in [9.17, 15) is 4.39 Å². The third-order valence-electron chi connectivity index (χ3n) is 3.65. The number of nitrogens with one attached hydrogen (secondary N) is 1. The minimum absolute atomic E-state index is 0.0838. The number of anilines is 1. The summed E-state index contributed by atoms with van der Waals surface area (Å²) in [5, 5.41) is 3.36. The standard InChI is InChI=1S/C15H23FN2/c1-3-9-17-11-13-7-4-8-14(16)15(13)18-10-5-6-12(18)2/h4,7-8,12,17H,3,5-6,9-11H2,1-2H3. The molecule has 1 N–H and O–H groups in total. The number of halogens is 1. The van der Waals surface area contributed by atoms with Crippen molar-refractivity contribution in [1.82, 2.24) is 5.32 Å². The monoisotopic (exact) mass is 250 g/mol. The second kappa shape index (κ2) is 6.19. The van der Waals surface area contributed by atoms with Crippen LogP contribution in [0, 0.1) is 5.82 Å². The van der Waals surface area contributed by atoms with Gasteiger partial charge in [-0.05, 0) is 44.4 Å². The molecule has 100 valence electrons. The molecule has 0 aromatic heterocycles. The topological polar surface area (TPSA) is 15.3 Å². The summed E-state index contributed by atoms with van der Waals surface area (Å²) in [5.74, 6) is -0.0838. The highest BCUT2D eigenvalue weighted by Gasteiger charge is 2.24. The van der Waals surface area contributed by atoms with Crippen molar-refractivity contribution in [3.05, 3.63) is 29.6 Å². The Bertz CT molecular complexity index is 392. The maximum absolute atomic E-state index is 14.1. The number of rotatable bonds is 5. The lowest BCUT2D eigenvalue weighted by Crippen LogP contribution is -2.29. The van der Waals surface area contributed by atoms with Crippen LogP contribution in [0.1, 0.15) is 38.7 Å². The maximum Gasteiger partial charge on any atom is 0.146 e. The minimum Gasteiger partial charge on any atom is -0.366 e. The Morgan fingerprint density at radius 3 is 2.94 bits per heavy atom. The molecule has 1 saturated heterocycles. The van der Waals surface area contributed by atoms with Crippen LogP contribution in [0.5, 0.6) is 0 Å². The number of hydrogen-bond acceptors (Lipinski definition) is 2. The highest BCUT2D eigenvalue weighted by Crippen LogP contribution is 2.31. The molecule has 1 aromatic rings. The minimum atomic E-state index is -0.0838. The molecule has 1 aromatic carbocycles. The number of nitrogens with zero attached hydrogens (tertiary/aromatic N) is 1. The van der Waals surface area contributed by atoms with Gasteiger partial charge in [0, 0.05) is 19.1 Å². The first-order valence-corrected chi connectivity index (χ1v) is 6.98. The number of para-hydroxylation sites is 1. The number of hydrogen-bond donors (Lipinski definition) is 1. The van der Waals surface area contributed by atoms with E-state index in [2.05, 4.69) is 24.1 Å². The van der Waals surface area contributed by atoms with E-state index in [1.54, 1.807) is 6.07 Å².